The second-order valence-corrected chi connectivity index (χ2v) is 8.60. The number of nitrogens with one attached hydrogen (secondary N) is 3. The van der Waals surface area contributed by atoms with Crippen LogP contribution in [0.25, 0.3) is 0 Å². The molecule has 3 amide bonds. The van der Waals surface area contributed by atoms with Gasteiger partial charge in [-0.25, -0.2) is 4.79 Å². The average Bonchev–Trinajstić information content (AvgIpc) is 2.62. The summed E-state index contributed by atoms with van der Waals surface area (Å²) >= 11 is 3.96. The molecule has 0 radical (unpaired) electrons. The van der Waals surface area contributed by atoms with Crippen LogP contribution in [0.2, 0.25) is 0 Å². The van der Waals surface area contributed by atoms with Crippen LogP contribution in [0.1, 0.15) is 47.5 Å². The minimum atomic E-state index is -1.39. The van der Waals surface area contributed by atoms with Gasteiger partial charge in [0.25, 0.3) is 0 Å². The minimum Gasteiger partial charge on any atom is -0.480 e. The predicted molar refractivity (Wildman–Crippen MR) is 116 cm³/mol. The van der Waals surface area contributed by atoms with Crippen LogP contribution in [-0.2, 0) is 19.2 Å². The molecule has 0 spiro atoms. The Bertz CT molecular complexity index is 600. The number of carbonyl (C=O) groups is 4. The van der Waals surface area contributed by atoms with Crippen molar-refractivity contribution in [2.45, 2.75) is 77.7 Å². The molecule has 0 saturated heterocycles. The molecule has 0 aromatic carbocycles. The van der Waals surface area contributed by atoms with E-state index in [1.165, 1.54) is 6.92 Å². The first kappa shape index (κ1) is 28.1. The Labute approximate surface area is 183 Å². The van der Waals surface area contributed by atoms with Crippen molar-refractivity contribution >= 4 is 36.3 Å². The summed E-state index contributed by atoms with van der Waals surface area (Å²) in [6.45, 7) is 8.63. The van der Waals surface area contributed by atoms with Crippen LogP contribution in [0.15, 0.2) is 0 Å². The topological polar surface area (TPSA) is 171 Å². The summed E-state index contributed by atoms with van der Waals surface area (Å²) in [5, 5.41) is 26.6. The standard InChI is InChI=1S/C19H36N4O6S/c1-9(2)6-13(21-16(25)12(20)8-30)17(26)23-15(11(5)24)18(27)22-14(19(28)29)7-10(3)4/h9-15,24,30H,6-8,20H2,1-5H3,(H,21,25)(H,22,27)(H,23,26)(H,28,29). The highest BCUT2D eigenvalue weighted by Gasteiger charge is 2.33. The summed E-state index contributed by atoms with van der Waals surface area (Å²) in [4.78, 5) is 48.8. The van der Waals surface area contributed by atoms with Gasteiger partial charge in [0.15, 0.2) is 0 Å². The fourth-order valence-corrected chi connectivity index (χ4v) is 2.84. The van der Waals surface area contributed by atoms with E-state index >= 15 is 0 Å². The zero-order chi connectivity index (χ0) is 23.6. The number of amides is 3. The summed E-state index contributed by atoms with van der Waals surface area (Å²) in [6, 6.07) is -4.44. The molecule has 7 N–H and O–H groups in total. The van der Waals surface area contributed by atoms with Crippen LogP contribution in [0.5, 0.6) is 0 Å². The lowest BCUT2D eigenvalue weighted by molar-refractivity contribution is -0.143. The van der Waals surface area contributed by atoms with E-state index in [4.69, 9.17) is 5.73 Å². The zero-order valence-electron chi connectivity index (χ0n) is 18.2. The lowest BCUT2D eigenvalue weighted by atomic mass is 10.0. The number of carboxylic acid groups (broad SMARTS) is 1. The maximum Gasteiger partial charge on any atom is 0.326 e. The lowest BCUT2D eigenvalue weighted by Gasteiger charge is -2.27. The molecule has 0 aromatic heterocycles. The number of aliphatic carboxylic acids is 1. The second kappa shape index (κ2) is 13.5. The monoisotopic (exact) mass is 448 g/mol. The fraction of sp³-hybridized carbons (Fsp3) is 0.789. The first-order chi connectivity index (χ1) is 13.8. The van der Waals surface area contributed by atoms with Crippen molar-refractivity contribution in [3.05, 3.63) is 0 Å². The molecule has 0 aromatic rings. The van der Waals surface area contributed by atoms with Crippen LogP contribution >= 0.6 is 12.6 Å². The van der Waals surface area contributed by atoms with Crippen molar-refractivity contribution < 1.29 is 29.4 Å². The number of aliphatic hydroxyl groups excluding tert-OH is 1. The van der Waals surface area contributed by atoms with Crippen molar-refractivity contribution in [2.24, 2.45) is 17.6 Å². The largest absolute Gasteiger partial charge is 0.480 e. The van der Waals surface area contributed by atoms with E-state index in [-0.39, 0.29) is 30.4 Å². The second-order valence-electron chi connectivity index (χ2n) is 8.24. The Hall–Kier alpha value is -1.85. The number of hydrogen-bond donors (Lipinski definition) is 7. The molecule has 0 fully saturated rings. The number of thiol groups is 1. The molecular formula is C19H36N4O6S. The third-order valence-electron chi connectivity index (χ3n) is 4.26. The van der Waals surface area contributed by atoms with Gasteiger partial charge in [-0.3, -0.25) is 14.4 Å². The fourth-order valence-electron chi connectivity index (χ4n) is 2.68. The minimum absolute atomic E-state index is 0.00710. The molecule has 174 valence electrons. The van der Waals surface area contributed by atoms with Gasteiger partial charge in [0.2, 0.25) is 17.7 Å². The number of rotatable bonds is 13. The Kier molecular flexibility index (Phi) is 12.6. The number of hydrogen-bond acceptors (Lipinski definition) is 7. The van der Waals surface area contributed by atoms with Crippen molar-refractivity contribution in [1.82, 2.24) is 16.0 Å². The molecule has 0 rings (SSSR count). The van der Waals surface area contributed by atoms with Gasteiger partial charge < -0.3 is 31.9 Å². The van der Waals surface area contributed by atoms with Crippen molar-refractivity contribution in [3.63, 3.8) is 0 Å². The summed E-state index contributed by atoms with van der Waals surface area (Å²) < 4.78 is 0. The molecule has 0 saturated carbocycles. The number of carbonyl (C=O) groups excluding carboxylic acids is 3. The highest BCUT2D eigenvalue weighted by atomic mass is 32.1. The van der Waals surface area contributed by atoms with Crippen molar-refractivity contribution in [2.75, 3.05) is 5.75 Å². The van der Waals surface area contributed by atoms with Crippen LogP contribution in [0, 0.1) is 11.8 Å². The van der Waals surface area contributed by atoms with E-state index in [1.807, 2.05) is 27.7 Å². The smallest absolute Gasteiger partial charge is 0.326 e. The van der Waals surface area contributed by atoms with E-state index in [2.05, 4.69) is 28.6 Å². The third kappa shape index (κ3) is 10.3. The van der Waals surface area contributed by atoms with Gasteiger partial charge in [-0.15, -0.1) is 0 Å². The quantitative estimate of drug-likeness (QED) is 0.182. The van der Waals surface area contributed by atoms with Gasteiger partial charge in [-0.2, -0.15) is 12.6 Å². The third-order valence-corrected chi connectivity index (χ3v) is 4.65. The van der Waals surface area contributed by atoms with Crippen LogP contribution < -0.4 is 21.7 Å². The molecule has 5 unspecified atom stereocenters. The lowest BCUT2D eigenvalue weighted by Crippen LogP contribution is -2.60. The molecule has 0 bridgehead atoms. The summed E-state index contributed by atoms with van der Waals surface area (Å²) in [6.07, 6.45) is -0.830. The SMILES string of the molecule is CC(C)CC(NC(=O)C(NC(=O)C(CC(C)C)NC(=O)C(N)CS)C(C)O)C(=O)O. The zero-order valence-corrected chi connectivity index (χ0v) is 19.1. The molecule has 30 heavy (non-hydrogen) atoms. The first-order valence-corrected chi connectivity index (χ1v) is 10.6. The molecule has 0 heterocycles. The summed E-state index contributed by atoms with van der Waals surface area (Å²) in [7, 11) is 0. The molecule has 5 atom stereocenters. The summed E-state index contributed by atoms with van der Waals surface area (Å²) in [5.74, 6) is -3.15. The van der Waals surface area contributed by atoms with E-state index in [0.717, 1.165) is 0 Å². The van der Waals surface area contributed by atoms with E-state index in [0.29, 0.717) is 0 Å². The van der Waals surface area contributed by atoms with E-state index in [1.54, 1.807) is 0 Å². The molecule has 0 aliphatic carbocycles. The average molecular weight is 449 g/mol. The Balaban J connectivity index is 5.38. The molecule has 11 heteroatoms. The van der Waals surface area contributed by atoms with E-state index < -0.39 is 54.0 Å². The van der Waals surface area contributed by atoms with Gasteiger partial charge >= 0.3 is 5.97 Å². The highest BCUT2D eigenvalue weighted by molar-refractivity contribution is 7.80. The van der Waals surface area contributed by atoms with Crippen molar-refractivity contribution in [1.29, 1.82) is 0 Å². The first-order valence-electron chi connectivity index (χ1n) is 9.98. The molecule has 0 aliphatic heterocycles. The molecule has 0 aliphatic rings. The van der Waals surface area contributed by atoms with Crippen molar-refractivity contribution in [3.8, 4) is 0 Å². The molecular weight excluding hydrogens is 412 g/mol. The van der Waals surface area contributed by atoms with Crippen LogP contribution in [0.4, 0.5) is 0 Å². The maximum atomic E-state index is 12.7. The van der Waals surface area contributed by atoms with Gasteiger partial charge in [0, 0.05) is 5.75 Å². The number of nitrogens with two attached hydrogens (primary N) is 1. The summed E-state index contributed by atoms with van der Waals surface area (Å²) in [5.41, 5.74) is 5.64. The van der Waals surface area contributed by atoms with Gasteiger partial charge in [0.1, 0.15) is 18.1 Å². The van der Waals surface area contributed by atoms with Gasteiger partial charge in [0.05, 0.1) is 12.1 Å². The molecule has 10 nitrogen and oxygen atoms in total. The number of aliphatic hydroxyl groups is 1. The van der Waals surface area contributed by atoms with Gasteiger partial charge in [-0.05, 0) is 31.6 Å². The Morgan fingerprint density at radius 1 is 0.833 bits per heavy atom. The van der Waals surface area contributed by atoms with Gasteiger partial charge in [-0.1, -0.05) is 27.7 Å². The number of carboxylic acids is 1. The Morgan fingerprint density at radius 3 is 1.70 bits per heavy atom. The Morgan fingerprint density at radius 2 is 1.30 bits per heavy atom. The van der Waals surface area contributed by atoms with Crippen LogP contribution in [0.3, 0.4) is 0 Å². The van der Waals surface area contributed by atoms with Crippen LogP contribution in [-0.4, -0.2) is 69.9 Å². The predicted octanol–water partition coefficient (Wildman–Crippen LogP) is -0.744. The normalized spacial score (nSPS) is 16.3. The maximum absolute atomic E-state index is 12.7. The highest BCUT2D eigenvalue weighted by Crippen LogP contribution is 2.08. The van der Waals surface area contributed by atoms with E-state index in [9.17, 15) is 29.4 Å².